The van der Waals surface area contributed by atoms with Crippen molar-refractivity contribution in [3.63, 3.8) is 0 Å². The number of ether oxygens (including phenoxy) is 2. The molecule has 6 rings (SSSR count). The molecular formula is C25H26FN3O2. The van der Waals surface area contributed by atoms with Gasteiger partial charge >= 0.3 is 0 Å². The van der Waals surface area contributed by atoms with Gasteiger partial charge in [-0.25, -0.2) is 9.37 Å². The van der Waals surface area contributed by atoms with E-state index in [-0.39, 0.29) is 12.6 Å². The zero-order chi connectivity index (χ0) is 20.9. The van der Waals surface area contributed by atoms with E-state index in [1.54, 1.807) is 0 Å². The largest absolute Gasteiger partial charge is 0.454 e. The van der Waals surface area contributed by atoms with Crippen LogP contribution < -0.4 is 9.47 Å². The molecule has 31 heavy (non-hydrogen) atoms. The van der Waals surface area contributed by atoms with E-state index < -0.39 is 0 Å². The summed E-state index contributed by atoms with van der Waals surface area (Å²) in [7, 11) is 2.23. The highest BCUT2D eigenvalue weighted by molar-refractivity contribution is 5.86. The van der Waals surface area contributed by atoms with Crippen LogP contribution in [0.15, 0.2) is 42.5 Å². The second-order valence-electron chi connectivity index (χ2n) is 9.01. The van der Waals surface area contributed by atoms with E-state index in [2.05, 4.69) is 22.9 Å². The van der Waals surface area contributed by atoms with Crippen LogP contribution in [0, 0.1) is 5.82 Å². The van der Waals surface area contributed by atoms with Crippen molar-refractivity contribution in [2.75, 3.05) is 26.9 Å². The molecule has 4 heterocycles. The van der Waals surface area contributed by atoms with Crippen molar-refractivity contribution in [1.82, 2.24) is 14.8 Å². The van der Waals surface area contributed by atoms with E-state index in [9.17, 15) is 4.39 Å². The van der Waals surface area contributed by atoms with Crippen LogP contribution in [-0.2, 0) is 6.54 Å². The molecule has 0 radical (unpaired) electrons. The molecule has 0 amide bonds. The number of hydrogen-bond donors (Lipinski definition) is 0. The average Bonchev–Trinajstić information content (AvgIpc) is 3.32. The predicted molar refractivity (Wildman–Crippen MR) is 118 cm³/mol. The minimum atomic E-state index is -0.233. The molecular weight excluding hydrogens is 393 g/mol. The number of halogens is 1. The van der Waals surface area contributed by atoms with Gasteiger partial charge in [0, 0.05) is 42.2 Å². The quantitative estimate of drug-likeness (QED) is 0.628. The van der Waals surface area contributed by atoms with Crippen molar-refractivity contribution in [1.29, 1.82) is 0 Å². The molecule has 0 aliphatic carbocycles. The summed E-state index contributed by atoms with van der Waals surface area (Å²) in [6.45, 7) is 3.37. The number of rotatable bonds is 3. The zero-order valence-electron chi connectivity index (χ0n) is 17.7. The zero-order valence-corrected chi connectivity index (χ0v) is 17.7. The number of fused-ring (bicyclic) bond motifs is 4. The van der Waals surface area contributed by atoms with E-state index >= 15 is 0 Å². The molecule has 0 spiro atoms. The summed E-state index contributed by atoms with van der Waals surface area (Å²) in [5.74, 6) is 1.26. The second kappa shape index (κ2) is 7.46. The Bertz CT molecular complexity index is 1130. The third kappa shape index (κ3) is 3.44. The van der Waals surface area contributed by atoms with Gasteiger partial charge < -0.3 is 14.4 Å². The van der Waals surface area contributed by atoms with Gasteiger partial charge in [-0.2, -0.15) is 0 Å². The lowest BCUT2D eigenvalue weighted by atomic mass is 10.0. The van der Waals surface area contributed by atoms with Gasteiger partial charge in [0.25, 0.3) is 0 Å². The van der Waals surface area contributed by atoms with Gasteiger partial charge in [-0.1, -0.05) is 0 Å². The number of benzene rings is 2. The van der Waals surface area contributed by atoms with Gasteiger partial charge in [0.15, 0.2) is 11.5 Å². The topological polar surface area (TPSA) is 37.8 Å². The van der Waals surface area contributed by atoms with Crippen LogP contribution in [-0.4, -0.2) is 53.8 Å². The van der Waals surface area contributed by atoms with Crippen molar-refractivity contribution >= 4 is 10.9 Å². The Morgan fingerprint density at radius 3 is 2.61 bits per heavy atom. The number of likely N-dealkylation sites (tertiary alicyclic amines) is 1. The smallest absolute Gasteiger partial charge is 0.231 e. The summed E-state index contributed by atoms with van der Waals surface area (Å²) in [6.07, 6.45) is 3.73. The first-order valence-electron chi connectivity index (χ1n) is 11.1. The number of hydrogen-bond acceptors (Lipinski definition) is 5. The first-order valence-corrected chi connectivity index (χ1v) is 11.1. The minimum absolute atomic E-state index is 0.233. The van der Waals surface area contributed by atoms with Crippen molar-refractivity contribution in [2.45, 2.75) is 37.9 Å². The first-order chi connectivity index (χ1) is 15.1. The Morgan fingerprint density at radius 2 is 1.77 bits per heavy atom. The second-order valence-corrected chi connectivity index (χ2v) is 9.01. The molecule has 2 fully saturated rings. The molecule has 2 saturated heterocycles. The maximum atomic E-state index is 13.6. The summed E-state index contributed by atoms with van der Waals surface area (Å²) >= 11 is 0. The summed E-state index contributed by atoms with van der Waals surface area (Å²) in [6, 6.07) is 14.1. The summed E-state index contributed by atoms with van der Waals surface area (Å²) in [5, 5.41) is 1.05. The van der Waals surface area contributed by atoms with Crippen LogP contribution in [0.25, 0.3) is 22.2 Å². The minimum Gasteiger partial charge on any atom is -0.454 e. The highest BCUT2D eigenvalue weighted by atomic mass is 19.1. The number of aromatic nitrogens is 1. The van der Waals surface area contributed by atoms with Gasteiger partial charge in [-0.15, -0.1) is 0 Å². The first kappa shape index (κ1) is 19.0. The summed E-state index contributed by atoms with van der Waals surface area (Å²) in [4.78, 5) is 10.2. The van der Waals surface area contributed by atoms with E-state index in [1.165, 1.54) is 37.0 Å². The fraction of sp³-hybridized carbons (Fsp3) is 0.400. The van der Waals surface area contributed by atoms with Crippen LogP contribution in [0.3, 0.4) is 0 Å². The van der Waals surface area contributed by atoms with Crippen LogP contribution in [0.4, 0.5) is 4.39 Å². The molecule has 2 bridgehead atoms. The SMILES string of the molecule is CN1CC[C@H]2CC[C@@H](C1)N2Cc1cc2cc3c(cc2nc1-c1ccc(F)cc1)OCO3. The maximum Gasteiger partial charge on any atom is 0.231 e. The van der Waals surface area contributed by atoms with Gasteiger partial charge in [0.2, 0.25) is 6.79 Å². The van der Waals surface area contributed by atoms with Gasteiger partial charge in [-0.3, -0.25) is 4.90 Å². The third-order valence-electron chi connectivity index (χ3n) is 7.00. The van der Waals surface area contributed by atoms with Crippen LogP contribution in [0.5, 0.6) is 11.5 Å². The molecule has 0 unspecified atom stereocenters. The van der Waals surface area contributed by atoms with Gasteiger partial charge in [0.05, 0.1) is 11.2 Å². The molecule has 0 N–H and O–H groups in total. The molecule has 0 saturated carbocycles. The Labute approximate surface area is 181 Å². The lowest BCUT2D eigenvalue weighted by Crippen LogP contribution is -2.37. The highest BCUT2D eigenvalue weighted by Crippen LogP contribution is 2.39. The van der Waals surface area contributed by atoms with Gasteiger partial charge in [-0.05, 0) is 74.8 Å². The molecule has 2 atom stereocenters. The normalized spacial score (nSPS) is 23.4. The Kier molecular flexibility index (Phi) is 4.58. The van der Waals surface area contributed by atoms with Crippen LogP contribution in [0.1, 0.15) is 24.8 Å². The number of nitrogens with zero attached hydrogens (tertiary/aromatic N) is 3. The van der Waals surface area contributed by atoms with Crippen molar-refractivity contribution in [3.8, 4) is 22.8 Å². The van der Waals surface area contributed by atoms with E-state index in [4.69, 9.17) is 14.5 Å². The summed E-state index contributed by atoms with van der Waals surface area (Å²) < 4.78 is 24.8. The standard InChI is InChI=1S/C25H26FN3O2/c1-28-9-8-20-6-7-21(14-28)29(20)13-18-10-17-11-23-24(31-15-30-23)12-22(17)27-25(18)16-2-4-19(26)5-3-16/h2-5,10-12,20-21H,6-9,13-15H2,1H3/t20-,21+/m1/s1. The monoisotopic (exact) mass is 419 g/mol. The summed E-state index contributed by atoms with van der Waals surface area (Å²) in [5.41, 5.74) is 3.91. The highest BCUT2D eigenvalue weighted by Gasteiger charge is 2.36. The van der Waals surface area contributed by atoms with Gasteiger partial charge in [0.1, 0.15) is 5.82 Å². The molecule has 3 aliphatic rings. The number of likely N-dealkylation sites (N-methyl/N-ethyl adjacent to an activating group) is 1. The molecule has 1 aromatic heterocycles. The lowest BCUT2D eigenvalue weighted by Gasteiger charge is -2.29. The number of pyridine rings is 1. The third-order valence-corrected chi connectivity index (χ3v) is 7.00. The average molecular weight is 420 g/mol. The van der Waals surface area contributed by atoms with E-state index in [0.29, 0.717) is 12.1 Å². The Morgan fingerprint density at radius 1 is 1.00 bits per heavy atom. The Hall–Kier alpha value is -2.70. The molecule has 3 aromatic rings. The Balaban J connectivity index is 1.45. The van der Waals surface area contributed by atoms with Crippen LogP contribution >= 0.6 is 0 Å². The molecule has 6 heteroatoms. The fourth-order valence-electron chi connectivity index (χ4n) is 5.38. The van der Waals surface area contributed by atoms with Crippen molar-refractivity contribution in [3.05, 3.63) is 53.8 Å². The van der Waals surface area contributed by atoms with E-state index in [1.807, 2.05) is 24.3 Å². The van der Waals surface area contributed by atoms with Crippen LogP contribution in [0.2, 0.25) is 0 Å². The maximum absolute atomic E-state index is 13.6. The van der Waals surface area contributed by atoms with Crippen molar-refractivity contribution in [2.24, 2.45) is 0 Å². The molecule has 2 aromatic carbocycles. The lowest BCUT2D eigenvalue weighted by molar-refractivity contribution is 0.174. The molecule has 160 valence electrons. The van der Waals surface area contributed by atoms with Crippen molar-refractivity contribution < 1.29 is 13.9 Å². The molecule has 5 nitrogen and oxygen atoms in total. The fourth-order valence-corrected chi connectivity index (χ4v) is 5.38. The molecule has 3 aliphatic heterocycles. The van der Waals surface area contributed by atoms with E-state index in [0.717, 1.165) is 53.3 Å². The predicted octanol–water partition coefficient (Wildman–Crippen LogP) is 4.44.